The van der Waals surface area contributed by atoms with Crippen LogP contribution >= 0.6 is 0 Å². The van der Waals surface area contributed by atoms with E-state index in [0.717, 1.165) is 5.56 Å². The number of ether oxygens (including phenoxy) is 1. The number of rotatable bonds is 2. The molecule has 2 aliphatic rings. The predicted molar refractivity (Wildman–Crippen MR) is 63.8 cm³/mol. The van der Waals surface area contributed by atoms with Gasteiger partial charge in [-0.15, -0.1) is 0 Å². The smallest absolute Gasteiger partial charge is 0.324 e. The standard InChI is InChI=1S/C13H14N2O3/c16-11-8-14-13(17)15(11)10-6-7-18-12(10)9-4-2-1-3-5-9/h1-5,10,12H,6-8H2,(H,14,17)/t10-,12+/m1/s1. The van der Waals surface area contributed by atoms with Gasteiger partial charge in [-0.25, -0.2) is 4.79 Å². The van der Waals surface area contributed by atoms with Gasteiger partial charge in [0.1, 0.15) is 6.10 Å². The van der Waals surface area contributed by atoms with Gasteiger partial charge in [-0.3, -0.25) is 9.69 Å². The highest BCUT2D eigenvalue weighted by Gasteiger charge is 2.42. The summed E-state index contributed by atoms with van der Waals surface area (Å²) in [7, 11) is 0. The van der Waals surface area contributed by atoms with Crippen molar-refractivity contribution in [1.29, 1.82) is 0 Å². The minimum atomic E-state index is -0.309. The minimum Gasteiger partial charge on any atom is -0.371 e. The maximum atomic E-state index is 11.7. The number of amides is 3. The SMILES string of the molecule is O=C1CNC(=O)N1[C@@H]1CCO[C@H]1c1ccccc1. The Labute approximate surface area is 105 Å². The van der Waals surface area contributed by atoms with Gasteiger partial charge in [0, 0.05) is 6.61 Å². The molecule has 1 aromatic rings. The molecular weight excluding hydrogens is 232 g/mol. The Balaban J connectivity index is 1.88. The van der Waals surface area contributed by atoms with Gasteiger partial charge in [-0.05, 0) is 12.0 Å². The van der Waals surface area contributed by atoms with Crippen molar-refractivity contribution in [3.8, 4) is 0 Å². The van der Waals surface area contributed by atoms with Gasteiger partial charge in [0.2, 0.25) is 5.91 Å². The first-order chi connectivity index (χ1) is 8.77. The fourth-order valence-corrected chi connectivity index (χ4v) is 2.57. The highest BCUT2D eigenvalue weighted by molar-refractivity contribution is 6.02. The summed E-state index contributed by atoms with van der Waals surface area (Å²) in [6, 6.07) is 9.21. The first-order valence-corrected chi connectivity index (χ1v) is 6.04. The molecule has 0 spiro atoms. The number of imide groups is 1. The average molecular weight is 246 g/mol. The summed E-state index contributed by atoms with van der Waals surface area (Å²) in [6.45, 7) is 0.665. The van der Waals surface area contributed by atoms with Crippen LogP contribution in [0.25, 0.3) is 0 Å². The predicted octanol–water partition coefficient (Wildman–Crippen LogP) is 1.07. The molecule has 2 atom stereocenters. The molecule has 1 aromatic carbocycles. The van der Waals surface area contributed by atoms with Gasteiger partial charge in [0.05, 0.1) is 12.6 Å². The molecule has 94 valence electrons. The molecular formula is C13H14N2O3. The van der Waals surface area contributed by atoms with Crippen molar-refractivity contribution in [3.05, 3.63) is 35.9 Å². The molecule has 0 aromatic heterocycles. The first kappa shape index (κ1) is 11.2. The van der Waals surface area contributed by atoms with Crippen LogP contribution in [0, 0.1) is 0 Å². The average Bonchev–Trinajstić information content (AvgIpc) is 2.97. The molecule has 0 aliphatic carbocycles. The van der Waals surface area contributed by atoms with Crippen LogP contribution in [0.15, 0.2) is 30.3 Å². The van der Waals surface area contributed by atoms with Gasteiger partial charge >= 0.3 is 6.03 Å². The fourth-order valence-electron chi connectivity index (χ4n) is 2.57. The Morgan fingerprint density at radius 3 is 2.67 bits per heavy atom. The molecule has 2 fully saturated rings. The number of benzene rings is 1. The highest BCUT2D eigenvalue weighted by Crippen LogP contribution is 2.33. The van der Waals surface area contributed by atoms with Crippen molar-refractivity contribution in [2.45, 2.75) is 18.6 Å². The number of hydrogen-bond acceptors (Lipinski definition) is 3. The molecule has 2 aliphatic heterocycles. The van der Waals surface area contributed by atoms with E-state index in [0.29, 0.717) is 13.0 Å². The van der Waals surface area contributed by atoms with E-state index >= 15 is 0 Å². The van der Waals surface area contributed by atoms with Crippen LogP contribution in [0.1, 0.15) is 18.1 Å². The van der Waals surface area contributed by atoms with Crippen molar-refractivity contribution >= 4 is 11.9 Å². The van der Waals surface area contributed by atoms with Gasteiger partial charge in [0.15, 0.2) is 0 Å². The summed E-state index contributed by atoms with van der Waals surface area (Å²) in [4.78, 5) is 24.7. The normalized spacial score (nSPS) is 27.7. The van der Waals surface area contributed by atoms with Gasteiger partial charge in [-0.2, -0.15) is 0 Å². The van der Waals surface area contributed by atoms with Crippen LogP contribution < -0.4 is 5.32 Å². The molecule has 5 nitrogen and oxygen atoms in total. The van der Waals surface area contributed by atoms with E-state index in [1.807, 2.05) is 30.3 Å². The monoisotopic (exact) mass is 246 g/mol. The van der Waals surface area contributed by atoms with Crippen molar-refractivity contribution in [3.63, 3.8) is 0 Å². The van der Waals surface area contributed by atoms with Gasteiger partial charge in [0.25, 0.3) is 0 Å². The topological polar surface area (TPSA) is 58.6 Å². The van der Waals surface area contributed by atoms with Crippen molar-refractivity contribution in [1.82, 2.24) is 10.2 Å². The molecule has 0 radical (unpaired) electrons. The zero-order valence-electron chi connectivity index (χ0n) is 9.83. The van der Waals surface area contributed by atoms with E-state index in [-0.39, 0.29) is 30.6 Å². The molecule has 0 unspecified atom stereocenters. The second-order valence-electron chi connectivity index (χ2n) is 4.48. The lowest BCUT2D eigenvalue weighted by atomic mass is 10.0. The van der Waals surface area contributed by atoms with Gasteiger partial charge < -0.3 is 10.1 Å². The third-order valence-corrected chi connectivity index (χ3v) is 3.40. The first-order valence-electron chi connectivity index (χ1n) is 6.04. The summed E-state index contributed by atoms with van der Waals surface area (Å²) in [5.74, 6) is -0.170. The lowest BCUT2D eigenvalue weighted by molar-refractivity contribution is -0.127. The lowest BCUT2D eigenvalue weighted by Gasteiger charge is -2.25. The number of nitrogens with one attached hydrogen (secondary N) is 1. The summed E-state index contributed by atoms with van der Waals surface area (Å²) < 4.78 is 5.69. The Morgan fingerprint density at radius 1 is 1.22 bits per heavy atom. The quantitative estimate of drug-likeness (QED) is 0.794. The minimum absolute atomic E-state index is 0.0941. The molecule has 5 heteroatoms. The van der Waals surface area contributed by atoms with E-state index in [4.69, 9.17) is 4.74 Å². The molecule has 0 saturated carbocycles. The van der Waals surface area contributed by atoms with Crippen molar-refractivity contribution < 1.29 is 14.3 Å². The summed E-state index contributed by atoms with van der Waals surface area (Å²) in [6.07, 6.45) is 0.484. The Morgan fingerprint density at radius 2 is 2.00 bits per heavy atom. The summed E-state index contributed by atoms with van der Waals surface area (Å²) >= 11 is 0. The second kappa shape index (κ2) is 4.42. The molecule has 0 bridgehead atoms. The number of carbonyl (C=O) groups is 2. The zero-order chi connectivity index (χ0) is 12.5. The van der Waals surface area contributed by atoms with E-state index < -0.39 is 0 Å². The Hall–Kier alpha value is -1.88. The van der Waals surface area contributed by atoms with Crippen LogP contribution in [-0.2, 0) is 9.53 Å². The highest BCUT2D eigenvalue weighted by atomic mass is 16.5. The van der Waals surface area contributed by atoms with E-state index in [2.05, 4.69) is 5.32 Å². The fraction of sp³-hybridized carbons (Fsp3) is 0.385. The number of urea groups is 1. The number of hydrogen-bond donors (Lipinski definition) is 1. The van der Waals surface area contributed by atoms with E-state index in [1.54, 1.807) is 0 Å². The lowest BCUT2D eigenvalue weighted by Crippen LogP contribution is -2.42. The molecule has 1 N–H and O–H groups in total. The van der Waals surface area contributed by atoms with Gasteiger partial charge in [-0.1, -0.05) is 30.3 Å². The maximum Gasteiger partial charge on any atom is 0.324 e. The summed E-state index contributed by atoms with van der Waals surface area (Å²) in [5, 5.41) is 2.55. The van der Waals surface area contributed by atoms with Crippen LogP contribution in [0.2, 0.25) is 0 Å². The zero-order valence-corrected chi connectivity index (χ0v) is 9.83. The largest absolute Gasteiger partial charge is 0.371 e. The third-order valence-electron chi connectivity index (χ3n) is 3.40. The number of nitrogens with zero attached hydrogens (tertiary/aromatic N) is 1. The number of carbonyl (C=O) groups excluding carboxylic acids is 2. The molecule has 3 rings (SSSR count). The Bertz CT molecular complexity index is 458. The van der Waals surface area contributed by atoms with Crippen LogP contribution in [-0.4, -0.2) is 36.0 Å². The maximum absolute atomic E-state index is 11.7. The molecule has 18 heavy (non-hydrogen) atoms. The van der Waals surface area contributed by atoms with Crippen LogP contribution in [0.5, 0.6) is 0 Å². The van der Waals surface area contributed by atoms with Crippen LogP contribution in [0.4, 0.5) is 4.79 Å². The summed E-state index contributed by atoms with van der Waals surface area (Å²) in [5.41, 5.74) is 1.01. The third kappa shape index (κ3) is 1.76. The Kier molecular flexibility index (Phi) is 2.76. The molecule has 2 saturated heterocycles. The van der Waals surface area contributed by atoms with Crippen LogP contribution in [0.3, 0.4) is 0 Å². The molecule has 3 amide bonds. The van der Waals surface area contributed by atoms with Crippen molar-refractivity contribution in [2.75, 3.05) is 13.2 Å². The second-order valence-corrected chi connectivity index (χ2v) is 4.48. The molecule has 2 heterocycles. The van der Waals surface area contributed by atoms with Crippen molar-refractivity contribution in [2.24, 2.45) is 0 Å². The van der Waals surface area contributed by atoms with E-state index in [9.17, 15) is 9.59 Å². The van der Waals surface area contributed by atoms with E-state index in [1.165, 1.54) is 4.90 Å².